The Balaban J connectivity index is 1.33. The van der Waals surface area contributed by atoms with E-state index in [0.717, 1.165) is 29.7 Å². The zero-order chi connectivity index (χ0) is 19.6. The monoisotopic (exact) mass is 392 g/mol. The van der Waals surface area contributed by atoms with Crippen molar-refractivity contribution in [2.75, 3.05) is 11.9 Å². The first kappa shape index (κ1) is 18.4. The Morgan fingerprint density at radius 3 is 2.50 bits per heavy atom. The third kappa shape index (κ3) is 3.82. The molecule has 0 bridgehead atoms. The van der Waals surface area contributed by atoms with Crippen LogP contribution < -0.4 is 5.32 Å². The minimum Gasteiger partial charge on any atom is -0.455 e. The Labute approximate surface area is 167 Å². The highest BCUT2D eigenvalue weighted by atomic mass is 32.1. The maximum absolute atomic E-state index is 12.5. The number of ether oxygens (including phenoxy) is 1. The summed E-state index contributed by atoms with van der Waals surface area (Å²) >= 11 is 1.34. The van der Waals surface area contributed by atoms with Crippen LogP contribution in [0.3, 0.4) is 0 Å². The van der Waals surface area contributed by atoms with Gasteiger partial charge in [-0.1, -0.05) is 60.2 Å². The van der Waals surface area contributed by atoms with Crippen LogP contribution in [0.2, 0.25) is 0 Å². The second kappa shape index (κ2) is 7.56. The number of benzene rings is 2. The van der Waals surface area contributed by atoms with Crippen molar-refractivity contribution < 1.29 is 14.3 Å². The Bertz CT molecular complexity index is 992. The lowest BCUT2D eigenvalue weighted by molar-refractivity contribution is -0.150. The van der Waals surface area contributed by atoms with E-state index >= 15 is 0 Å². The van der Waals surface area contributed by atoms with Crippen molar-refractivity contribution in [1.29, 1.82) is 0 Å². The Morgan fingerprint density at radius 2 is 1.82 bits per heavy atom. The van der Waals surface area contributed by atoms with Crippen molar-refractivity contribution in [3.05, 3.63) is 71.1 Å². The van der Waals surface area contributed by atoms with Crippen molar-refractivity contribution in [3.63, 3.8) is 0 Å². The second-order valence-corrected chi connectivity index (χ2v) is 7.83. The van der Waals surface area contributed by atoms with Gasteiger partial charge in [0.25, 0.3) is 5.91 Å². The predicted octanol–water partition coefficient (Wildman–Crippen LogP) is 4.33. The van der Waals surface area contributed by atoms with Gasteiger partial charge in [0.05, 0.1) is 11.1 Å². The van der Waals surface area contributed by atoms with Gasteiger partial charge in [-0.2, -0.15) is 0 Å². The fraction of sp³-hybridized carbons (Fsp3) is 0.227. The standard InChI is InChI=1S/C22H20N2O3S/c1-15-7-9-16(10-8-15)18-14-28-21(23-18)24-19(25)13-27-20(26)22(11-12-22)17-5-3-2-4-6-17/h2-10,14H,11-13H2,1H3,(H,23,24,25). The molecule has 0 unspecified atom stereocenters. The third-order valence-electron chi connectivity index (χ3n) is 4.90. The third-order valence-corrected chi connectivity index (χ3v) is 5.66. The van der Waals surface area contributed by atoms with E-state index in [0.29, 0.717) is 5.13 Å². The molecule has 0 aliphatic heterocycles. The van der Waals surface area contributed by atoms with Crippen LogP contribution in [0.15, 0.2) is 60.0 Å². The van der Waals surface area contributed by atoms with E-state index in [-0.39, 0.29) is 18.5 Å². The number of esters is 1. The number of hydrogen-bond acceptors (Lipinski definition) is 5. The smallest absolute Gasteiger partial charge is 0.317 e. The van der Waals surface area contributed by atoms with E-state index in [9.17, 15) is 9.59 Å². The lowest BCUT2D eigenvalue weighted by Crippen LogP contribution is -2.28. The number of nitrogens with zero attached hydrogens (tertiary/aromatic N) is 1. The maximum Gasteiger partial charge on any atom is 0.317 e. The molecule has 0 radical (unpaired) electrons. The fourth-order valence-corrected chi connectivity index (χ4v) is 3.84. The molecule has 1 heterocycles. The van der Waals surface area contributed by atoms with Gasteiger partial charge in [-0.3, -0.25) is 14.9 Å². The maximum atomic E-state index is 12.5. The molecule has 1 aliphatic rings. The molecule has 3 aromatic rings. The summed E-state index contributed by atoms with van der Waals surface area (Å²) in [4.78, 5) is 29.1. The van der Waals surface area contributed by atoms with Crippen molar-refractivity contribution in [2.45, 2.75) is 25.2 Å². The van der Waals surface area contributed by atoms with Gasteiger partial charge in [0.2, 0.25) is 0 Å². The van der Waals surface area contributed by atoms with Gasteiger partial charge in [-0.15, -0.1) is 11.3 Å². The summed E-state index contributed by atoms with van der Waals surface area (Å²) < 4.78 is 5.29. The number of nitrogens with one attached hydrogen (secondary N) is 1. The normalized spacial score (nSPS) is 14.3. The highest BCUT2D eigenvalue weighted by Gasteiger charge is 2.52. The number of carbonyl (C=O) groups excluding carboxylic acids is 2. The molecule has 1 aromatic heterocycles. The van der Waals surface area contributed by atoms with E-state index < -0.39 is 5.41 Å². The van der Waals surface area contributed by atoms with Crippen molar-refractivity contribution in [2.24, 2.45) is 0 Å². The van der Waals surface area contributed by atoms with E-state index in [1.807, 2.05) is 66.9 Å². The summed E-state index contributed by atoms with van der Waals surface area (Å²) in [5, 5.41) is 5.08. The molecule has 0 spiro atoms. The van der Waals surface area contributed by atoms with Crippen molar-refractivity contribution in [3.8, 4) is 11.3 Å². The van der Waals surface area contributed by atoms with Gasteiger partial charge in [0.15, 0.2) is 11.7 Å². The molecule has 1 amide bonds. The lowest BCUT2D eigenvalue weighted by Gasteiger charge is -2.14. The van der Waals surface area contributed by atoms with Crippen LogP contribution in [0.5, 0.6) is 0 Å². The van der Waals surface area contributed by atoms with Crippen LogP contribution in [0, 0.1) is 6.92 Å². The molecule has 5 nitrogen and oxygen atoms in total. The molecule has 4 rings (SSSR count). The average Bonchev–Trinajstić information content (AvgIpc) is 3.41. The highest BCUT2D eigenvalue weighted by Crippen LogP contribution is 2.49. The molecule has 1 fully saturated rings. The highest BCUT2D eigenvalue weighted by molar-refractivity contribution is 7.14. The number of anilines is 1. The van der Waals surface area contributed by atoms with Crippen LogP contribution in [0.4, 0.5) is 5.13 Å². The topological polar surface area (TPSA) is 68.3 Å². The number of aromatic nitrogens is 1. The zero-order valence-electron chi connectivity index (χ0n) is 15.5. The Kier molecular flexibility index (Phi) is 4.96. The Morgan fingerprint density at radius 1 is 1.11 bits per heavy atom. The summed E-state index contributed by atoms with van der Waals surface area (Å²) in [6.07, 6.45) is 1.51. The van der Waals surface area contributed by atoms with Crippen LogP contribution >= 0.6 is 11.3 Å². The largest absolute Gasteiger partial charge is 0.455 e. The zero-order valence-corrected chi connectivity index (χ0v) is 16.3. The average molecular weight is 392 g/mol. The molecular weight excluding hydrogens is 372 g/mol. The van der Waals surface area contributed by atoms with Crippen LogP contribution in [0.25, 0.3) is 11.3 Å². The molecule has 0 saturated heterocycles. The van der Waals surface area contributed by atoms with Gasteiger partial charge >= 0.3 is 5.97 Å². The first-order valence-corrected chi connectivity index (χ1v) is 10.00. The quantitative estimate of drug-likeness (QED) is 0.634. The molecular formula is C22H20N2O3S. The summed E-state index contributed by atoms with van der Waals surface area (Å²) in [6, 6.07) is 17.6. The summed E-state index contributed by atoms with van der Waals surface area (Å²) in [5.74, 6) is -0.727. The van der Waals surface area contributed by atoms with Gasteiger partial charge in [-0.05, 0) is 25.3 Å². The number of amides is 1. The molecule has 28 heavy (non-hydrogen) atoms. The predicted molar refractivity (Wildman–Crippen MR) is 109 cm³/mol. The van der Waals surface area contributed by atoms with Crippen LogP contribution in [0.1, 0.15) is 24.0 Å². The number of thiazole rings is 1. The Hall–Kier alpha value is -2.99. The van der Waals surface area contributed by atoms with Gasteiger partial charge < -0.3 is 4.74 Å². The minimum absolute atomic E-state index is 0.313. The van der Waals surface area contributed by atoms with Gasteiger partial charge in [-0.25, -0.2) is 4.98 Å². The fourth-order valence-electron chi connectivity index (χ4n) is 3.11. The SMILES string of the molecule is Cc1ccc(-c2csc(NC(=O)COC(=O)C3(c4ccccc4)CC3)n2)cc1. The number of rotatable bonds is 6. The van der Waals surface area contributed by atoms with E-state index in [1.54, 1.807) is 0 Å². The van der Waals surface area contributed by atoms with Gasteiger partial charge in [0, 0.05) is 10.9 Å². The molecule has 2 aromatic carbocycles. The van der Waals surface area contributed by atoms with E-state index in [1.165, 1.54) is 16.9 Å². The summed E-state index contributed by atoms with van der Waals surface area (Å²) in [5.41, 5.74) is 3.34. The molecule has 6 heteroatoms. The number of hydrogen-bond donors (Lipinski definition) is 1. The van der Waals surface area contributed by atoms with Gasteiger partial charge in [0.1, 0.15) is 0 Å². The first-order chi connectivity index (χ1) is 13.6. The van der Waals surface area contributed by atoms with Crippen molar-refractivity contribution in [1.82, 2.24) is 4.98 Å². The minimum atomic E-state index is -0.582. The molecule has 142 valence electrons. The second-order valence-electron chi connectivity index (χ2n) is 6.98. The van der Waals surface area contributed by atoms with E-state index in [4.69, 9.17) is 4.74 Å². The number of carbonyl (C=O) groups is 2. The van der Waals surface area contributed by atoms with Crippen LogP contribution in [-0.2, 0) is 19.7 Å². The molecule has 1 N–H and O–H groups in total. The van der Waals surface area contributed by atoms with Crippen molar-refractivity contribution >= 4 is 28.3 Å². The molecule has 0 atom stereocenters. The summed E-state index contributed by atoms with van der Waals surface area (Å²) in [6.45, 7) is 1.72. The summed E-state index contributed by atoms with van der Waals surface area (Å²) in [7, 11) is 0. The first-order valence-electron chi connectivity index (χ1n) is 9.12. The molecule has 1 aliphatic carbocycles. The number of aryl methyl sites for hydroxylation is 1. The molecule has 1 saturated carbocycles. The van der Waals surface area contributed by atoms with Crippen LogP contribution in [-0.4, -0.2) is 23.5 Å². The lowest BCUT2D eigenvalue weighted by atomic mass is 9.96. The van der Waals surface area contributed by atoms with E-state index in [2.05, 4.69) is 10.3 Å².